The van der Waals surface area contributed by atoms with Gasteiger partial charge in [0.05, 0.1) is 48.3 Å². The molecule has 0 unspecified atom stereocenters. The van der Waals surface area contributed by atoms with Gasteiger partial charge in [0.1, 0.15) is 6.61 Å². The predicted octanol–water partition coefficient (Wildman–Crippen LogP) is 7.45. The van der Waals surface area contributed by atoms with Gasteiger partial charge in [-0.1, -0.05) is 65.9 Å². The van der Waals surface area contributed by atoms with E-state index in [-0.39, 0.29) is 23.8 Å². The summed E-state index contributed by atoms with van der Waals surface area (Å²) in [5, 5.41) is 2.27. The number of carbonyl (C=O) groups is 1. The number of esters is 1. The Bertz CT molecular complexity index is 2380. The zero-order valence-electron chi connectivity index (χ0n) is 30.9. The standard InChI is InChI=1S/C43H44N2O7S/c1-8-14-31-21-28(22-36(49-9-2)40(31)51-25-32-17-13-16-29-15-11-12-18-33(29)32)23-37-41(46)45-39(30-19-20-34(52-26(4)5)35(24-30)48-7)38(42(47)50-10-3)27(6)44-43(45)53-37/h8,11-13,15-24,26,39H,1,9-10,14,25H2,2-7H3/b37-23-/t39-/m1/s1. The zero-order valence-corrected chi connectivity index (χ0v) is 31.8. The molecule has 1 aromatic heterocycles. The molecule has 0 saturated heterocycles. The van der Waals surface area contributed by atoms with Crippen molar-refractivity contribution in [1.29, 1.82) is 0 Å². The van der Waals surface area contributed by atoms with Crippen molar-refractivity contribution in [3.63, 3.8) is 0 Å². The molecule has 0 aliphatic carbocycles. The van der Waals surface area contributed by atoms with E-state index in [1.807, 2.05) is 69.3 Å². The van der Waals surface area contributed by atoms with Gasteiger partial charge >= 0.3 is 5.97 Å². The highest BCUT2D eigenvalue weighted by Crippen LogP contribution is 2.38. The number of hydrogen-bond acceptors (Lipinski definition) is 9. The maximum Gasteiger partial charge on any atom is 0.338 e. The monoisotopic (exact) mass is 732 g/mol. The molecule has 0 fully saturated rings. The SMILES string of the molecule is C=CCc1cc(/C=c2\sc3n(c2=O)[C@H](c2ccc(OC(C)C)c(OC)c2)C(C(=O)OCC)=C(C)N=3)cc(OCC)c1OCc1cccc2ccccc12. The maximum absolute atomic E-state index is 14.4. The fourth-order valence-corrected chi connectivity index (χ4v) is 7.58. The van der Waals surface area contributed by atoms with Crippen molar-refractivity contribution in [1.82, 2.24) is 4.57 Å². The summed E-state index contributed by atoms with van der Waals surface area (Å²) in [7, 11) is 1.56. The van der Waals surface area contributed by atoms with Gasteiger partial charge in [-0.2, -0.15) is 0 Å². The average molecular weight is 733 g/mol. The van der Waals surface area contributed by atoms with Crippen LogP contribution in [0.2, 0.25) is 0 Å². The van der Waals surface area contributed by atoms with Crippen LogP contribution in [0.15, 0.2) is 107 Å². The molecule has 0 spiro atoms. The minimum absolute atomic E-state index is 0.0790. The highest BCUT2D eigenvalue weighted by atomic mass is 32.1. The zero-order chi connectivity index (χ0) is 37.6. The molecule has 5 aromatic rings. The molecule has 0 saturated carbocycles. The largest absolute Gasteiger partial charge is 0.493 e. The number of methoxy groups -OCH3 is 1. The molecule has 6 rings (SSSR count). The number of rotatable bonds is 14. The van der Waals surface area contributed by atoms with Crippen LogP contribution < -0.4 is 33.8 Å². The normalized spacial score (nSPS) is 14.2. The van der Waals surface area contributed by atoms with Crippen LogP contribution in [-0.4, -0.2) is 37.0 Å². The summed E-state index contributed by atoms with van der Waals surface area (Å²) in [6.45, 7) is 14.2. The third kappa shape index (κ3) is 7.78. The number of ether oxygens (including phenoxy) is 5. The van der Waals surface area contributed by atoms with Crippen LogP contribution in [0.3, 0.4) is 0 Å². The summed E-state index contributed by atoms with van der Waals surface area (Å²) >= 11 is 1.25. The van der Waals surface area contributed by atoms with Crippen LogP contribution in [0.5, 0.6) is 23.0 Å². The first-order valence-corrected chi connectivity index (χ1v) is 18.5. The van der Waals surface area contributed by atoms with Crippen molar-refractivity contribution in [2.24, 2.45) is 4.99 Å². The van der Waals surface area contributed by atoms with Crippen LogP contribution >= 0.6 is 11.3 Å². The second kappa shape index (κ2) is 16.4. The fraction of sp³-hybridized carbons (Fsp3) is 0.279. The van der Waals surface area contributed by atoms with E-state index in [0.717, 1.165) is 27.5 Å². The van der Waals surface area contributed by atoms with Crippen molar-refractivity contribution >= 4 is 34.2 Å². The van der Waals surface area contributed by atoms with Crippen LogP contribution in [0.1, 0.15) is 62.9 Å². The van der Waals surface area contributed by atoms with E-state index < -0.39 is 12.0 Å². The van der Waals surface area contributed by atoms with Gasteiger partial charge in [-0.15, -0.1) is 6.58 Å². The summed E-state index contributed by atoms with van der Waals surface area (Å²) < 4.78 is 31.8. The van der Waals surface area contributed by atoms with Gasteiger partial charge in [0.15, 0.2) is 27.8 Å². The van der Waals surface area contributed by atoms with Gasteiger partial charge < -0.3 is 23.7 Å². The van der Waals surface area contributed by atoms with Crippen LogP contribution in [0.4, 0.5) is 0 Å². The second-order valence-corrected chi connectivity index (χ2v) is 13.7. The summed E-state index contributed by atoms with van der Waals surface area (Å²) in [6, 6.07) is 22.9. The smallest absolute Gasteiger partial charge is 0.338 e. The van der Waals surface area contributed by atoms with E-state index in [2.05, 4.69) is 30.8 Å². The molecule has 274 valence electrons. The Kier molecular flexibility index (Phi) is 11.5. The lowest BCUT2D eigenvalue weighted by molar-refractivity contribution is -0.139. The minimum atomic E-state index is -0.811. The van der Waals surface area contributed by atoms with E-state index in [4.69, 9.17) is 28.7 Å². The maximum atomic E-state index is 14.4. The summed E-state index contributed by atoms with van der Waals surface area (Å²) in [5.41, 5.74) is 3.80. The molecule has 0 radical (unpaired) electrons. The summed E-state index contributed by atoms with van der Waals surface area (Å²) in [5.74, 6) is 1.70. The van der Waals surface area contributed by atoms with E-state index in [9.17, 15) is 9.59 Å². The van der Waals surface area contributed by atoms with E-state index in [1.165, 1.54) is 11.3 Å². The molecular weight excluding hydrogens is 689 g/mol. The second-order valence-electron chi connectivity index (χ2n) is 12.7. The third-order valence-electron chi connectivity index (χ3n) is 8.75. The Hall–Kier alpha value is -5.61. The molecule has 53 heavy (non-hydrogen) atoms. The number of carbonyl (C=O) groups excluding carboxylic acids is 1. The average Bonchev–Trinajstić information content (AvgIpc) is 3.44. The number of allylic oxidation sites excluding steroid dienone is 2. The Balaban J connectivity index is 1.45. The van der Waals surface area contributed by atoms with Crippen LogP contribution in [0, 0.1) is 0 Å². The molecule has 4 aromatic carbocycles. The van der Waals surface area contributed by atoms with Gasteiger partial charge in [0.25, 0.3) is 5.56 Å². The lowest BCUT2D eigenvalue weighted by Gasteiger charge is -2.25. The number of hydrogen-bond donors (Lipinski definition) is 0. The molecule has 10 heteroatoms. The Morgan fingerprint density at radius 3 is 2.49 bits per heavy atom. The summed E-state index contributed by atoms with van der Waals surface area (Å²) in [4.78, 5) is 33.1. The van der Waals surface area contributed by atoms with Crippen molar-refractivity contribution in [3.8, 4) is 23.0 Å². The van der Waals surface area contributed by atoms with E-state index >= 15 is 0 Å². The number of nitrogens with zero attached hydrogens (tertiary/aromatic N) is 2. The first kappa shape index (κ1) is 37.2. The third-order valence-corrected chi connectivity index (χ3v) is 9.73. The molecule has 1 aliphatic heterocycles. The van der Waals surface area contributed by atoms with E-state index in [0.29, 0.717) is 63.2 Å². The highest BCUT2D eigenvalue weighted by Gasteiger charge is 2.34. The van der Waals surface area contributed by atoms with Gasteiger partial charge in [-0.05, 0) is 98.8 Å². The molecule has 1 atom stereocenters. The molecule has 1 aliphatic rings. The van der Waals surface area contributed by atoms with E-state index in [1.54, 1.807) is 37.7 Å². The molecule has 0 amide bonds. The molecule has 2 heterocycles. The van der Waals surface area contributed by atoms with Crippen molar-refractivity contribution in [2.45, 2.75) is 59.8 Å². The van der Waals surface area contributed by atoms with Crippen LogP contribution in [0.25, 0.3) is 16.8 Å². The first-order chi connectivity index (χ1) is 25.7. The van der Waals surface area contributed by atoms with Gasteiger partial charge in [-0.3, -0.25) is 9.36 Å². The van der Waals surface area contributed by atoms with Gasteiger partial charge in [0, 0.05) is 5.56 Å². The Morgan fingerprint density at radius 1 is 0.962 bits per heavy atom. The topological polar surface area (TPSA) is 97.6 Å². The number of aromatic nitrogens is 1. The van der Waals surface area contributed by atoms with Crippen molar-refractivity contribution < 1.29 is 28.5 Å². The van der Waals surface area contributed by atoms with Gasteiger partial charge in [0.2, 0.25) is 0 Å². The van der Waals surface area contributed by atoms with Crippen molar-refractivity contribution in [2.75, 3.05) is 20.3 Å². The molecule has 0 N–H and O–H groups in total. The molecule has 0 bridgehead atoms. The Labute approximate surface area is 313 Å². The first-order valence-electron chi connectivity index (χ1n) is 17.7. The number of fused-ring (bicyclic) bond motifs is 2. The lowest BCUT2D eigenvalue weighted by atomic mass is 9.95. The lowest BCUT2D eigenvalue weighted by Crippen LogP contribution is -2.40. The quantitative estimate of drug-likeness (QED) is 0.0865. The van der Waals surface area contributed by atoms with Crippen molar-refractivity contribution in [3.05, 3.63) is 139 Å². The fourth-order valence-electron chi connectivity index (χ4n) is 6.53. The Morgan fingerprint density at radius 2 is 1.75 bits per heavy atom. The molecule has 9 nitrogen and oxygen atoms in total. The molecular formula is C43H44N2O7S. The van der Waals surface area contributed by atoms with Gasteiger partial charge in [-0.25, -0.2) is 9.79 Å². The number of thiazole rings is 1. The predicted molar refractivity (Wildman–Crippen MR) is 209 cm³/mol. The summed E-state index contributed by atoms with van der Waals surface area (Å²) in [6.07, 6.45) is 4.09. The minimum Gasteiger partial charge on any atom is -0.493 e. The van der Waals surface area contributed by atoms with Crippen LogP contribution in [-0.2, 0) is 22.6 Å². The number of benzene rings is 4. The highest BCUT2D eigenvalue weighted by molar-refractivity contribution is 7.07.